The zero-order valence-electron chi connectivity index (χ0n) is 37.9. The average molecular weight is 890 g/mol. The third-order valence-electron chi connectivity index (χ3n) is 10.6. The fourth-order valence-corrected chi connectivity index (χ4v) is 9.59. The molecule has 1 aromatic heterocycles. The largest absolute Gasteiger partial charge is 0.606 e. The summed E-state index contributed by atoms with van der Waals surface area (Å²) in [6, 6.07) is 5.83. The van der Waals surface area contributed by atoms with Crippen molar-refractivity contribution in [2.24, 2.45) is 0 Å². The molecule has 0 aromatic carbocycles. The van der Waals surface area contributed by atoms with Crippen LogP contribution in [0.5, 0.6) is 0 Å². The summed E-state index contributed by atoms with van der Waals surface area (Å²) in [6.07, 6.45) is 32.9. The predicted molar refractivity (Wildman–Crippen MR) is 247 cm³/mol. The minimum absolute atomic E-state index is 0.0104. The Kier molecular flexibility index (Phi) is 36.7. The first-order valence-corrected chi connectivity index (χ1v) is 27.4. The number of phosphoric acid groups is 1. The smallest absolute Gasteiger partial charge is 0.377 e. The molecule has 0 fully saturated rings. The van der Waals surface area contributed by atoms with E-state index in [1.807, 2.05) is 32.3 Å². The van der Waals surface area contributed by atoms with Gasteiger partial charge in [-0.3, -0.25) is 9.59 Å². The number of rotatable bonds is 43. The van der Waals surface area contributed by atoms with Crippen molar-refractivity contribution in [3.63, 3.8) is 0 Å². The van der Waals surface area contributed by atoms with Crippen molar-refractivity contribution in [2.45, 2.75) is 205 Å². The highest BCUT2D eigenvalue weighted by Crippen LogP contribution is 2.47. The Labute approximate surface area is 369 Å². The third-order valence-corrected chi connectivity index (χ3v) is 13.9. The fraction of sp³-hybridized carbons (Fsp3) is 0.848. The molecule has 1 N–H and O–H groups in total. The lowest BCUT2D eigenvalue weighted by atomic mass is 10.0. The van der Waals surface area contributed by atoms with Gasteiger partial charge < -0.3 is 18.9 Å². The number of unbranched alkanes of at least 4 members (excludes halogenated alkanes) is 24. The highest BCUT2D eigenvalue weighted by molar-refractivity contribution is 8.76. The summed E-state index contributed by atoms with van der Waals surface area (Å²) in [4.78, 5) is 53.1. The van der Waals surface area contributed by atoms with Crippen molar-refractivity contribution in [3.05, 3.63) is 24.4 Å². The molecule has 2 unspecified atom stereocenters. The maximum Gasteiger partial charge on any atom is 0.377 e. The van der Waals surface area contributed by atoms with Crippen LogP contribution in [0.25, 0.3) is 0 Å². The van der Waals surface area contributed by atoms with E-state index in [2.05, 4.69) is 18.8 Å². The molecule has 0 saturated carbocycles. The molecule has 59 heavy (non-hydrogen) atoms. The van der Waals surface area contributed by atoms with Crippen LogP contribution in [0.15, 0.2) is 29.4 Å². The number of hydrogen-bond acceptors (Lipinski definition) is 11. The van der Waals surface area contributed by atoms with Gasteiger partial charge in [0, 0.05) is 19.0 Å². The summed E-state index contributed by atoms with van der Waals surface area (Å²) in [5.74, 6) is 0.0676. The lowest BCUT2D eigenvalue weighted by Crippen LogP contribution is -2.44. The molecule has 1 aromatic rings. The maximum absolute atomic E-state index is 12.8. The quantitative estimate of drug-likeness (QED) is 0.0221. The Hall–Kier alpha value is -0.980. The van der Waals surface area contributed by atoms with Crippen molar-refractivity contribution in [3.8, 4) is 0 Å². The van der Waals surface area contributed by atoms with E-state index in [0.717, 1.165) is 49.4 Å². The molecule has 0 aliphatic rings. The second-order valence-electron chi connectivity index (χ2n) is 16.8. The Bertz CT molecular complexity index is 1120. The first-order chi connectivity index (χ1) is 28.6. The number of carbonyl (C=O) groups excluding carboxylic acids is 2. The van der Waals surface area contributed by atoms with Gasteiger partial charge in [-0.1, -0.05) is 185 Å². The Balaban J connectivity index is 2.41. The van der Waals surface area contributed by atoms with Crippen LogP contribution in [-0.2, 0) is 28.1 Å². The van der Waals surface area contributed by atoms with Gasteiger partial charge in [-0.05, 0) is 35.8 Å². The predicted octanol–water partition coefficient (Wildman–Crippen LogP) is 12.4. The van der Waals surface area contributed by atoms with E-state index in [9.17, 15) is 19.4 Å². The van der Waals surface area contributed by atoms with E-state index < -0.39 is 26.9 Å². The van der Waals surface area contributed by atoms with Crippen LogP contribution >= 0.6 is 29.8 Å². The van der Waals surface area contributed by atoms with Crippen LogP contribution in [0.2, 0.25) is 0 Å². The summed E-state index contributed by atoms with van der Waals surface area (Å²) in [5, 5.41) is 0.956. The van der Waals surface area contributed by atoms with Crippen LogP contribution in [-0.4, -0.2) is 85.2 Å². The van der Waals surface area contributed by atoms with E-state index in [0.29, 0.717) is 17.4 Å². The lowest BCUT2D eigenvalue weighted by molar-refractivity contribution is -0.887. The van der Waals surface area contributed by atoms with Gasteiger partial charge in [0.25, 0.3) is 0 Å². The van der Waals surface area contributed by atoms with Crippen LogP contribution in [0.4, 0.5) is 0 Å². The first-order valence-electron chi connectivity index (χ1n) is 23.6. The van der Waals surface area contributed by atoms with E-state index in [1.54, 1.807) is 27.8 Å². The molecule has 0 amide bonds. The Morgan fingerprint density at radius 1 is 0.678 bits per heavy atom. The number of carbonyl (C=O) groups is 2. The fourth-order valence-electron chi connectivity index (χ4n) is 6.71. The molecule has 344 valence electrons. The normalized spacial score (nSPS) is 13.3. The summed E-state index contributed by atoms with van der Waals surface area (Å²) in [7, 11) is 2.96. The standard InChI is InChI=1S/C46H85N2O8PS2/c1-5-7-9-11-13-15-17-19-21-23-25-27-29-34-45(49)53-41-43(56-46(50)35-30-28-26-24-22-20-18-16-14-12-10-8-6-2)42-55-57(51,52)54-39-37-48(3,4)38-40-58-59-44-33-31-32-36-47-44/h31-33,36,43H,5-30,34-35,37-42H2,1-4H3/p+1. The number of aromatic nitrogens is 1. The number of likely N-dealkylation sites (N-methyl/N-ethyl adjacent to an activating group) is 1. The molecule has 0 aliphatic heterocycles. The molecule has 1 heterocycles. The second-order valence-corrected chi connectivity index (χ2v) is 20.7. The Morgan fingerprint density at radius 3 is 1.63 bits per heavy atom. The highest BCUT2D eigenvalue weighted by atomic mass is 33.1. The van der Waals surface area contributed by atoms with Gasteiger partial charge >= 0.3 is 20.1 Å². The number of nitrogens with zero attached hydrogens (tertiary/aromatic N) is 2. The topological polar surface area (TPSA) is 127 Å². The van der Waals surface area contributed by atoms with Crippen molar-refractivity contribution in [1.82, 2.24) is 4.98 Å². The van der Waals surface area contributed by atoms with Gasteiger partial charge in [0.1, 0.15) is 31.4 Å². The van der Waals surface area contributed by atoms with Gasteiger partial charge in [0.2, 0.25) is 0 Å². The minimum Gasteiger partial charge on any atom is -0.606 e. The van der Waals surface area contributed by atoms with Gasteiger partial charge in [0.05, 0.1) is 26.4 Å². The van der Waals surface area contributed by atoms with E-state index in [-0.39, 0.29) is 32.0 Å². The second kappa shape index (κ2) is 38.7. The van der Waals surface area contributed by atoms with E-state index >= 15 is 0 Å². The van der Waals surface area contributed by atoms with Gasteiger partial charge in [-0.2, -0.15) is 13.9 Å². The molecule has 13 heteroatoms. The van der Waals surface area contributed by atoms with Crippen molar-refractivity contribution >= 4 is 41.7 Å². The van der Waals surface area contributed by atoms with Crippen molar-refractivity contribution in [2.75, 3.05) is 52.8 Å². The monoisotopic (exact) mass is 890 g/mol. The average Bonchev–Trinajstić information content (AvgIpc) is 3.21. The summed E-state index contributed by atoms with van der Waals surface area (Å²) in [6.45, 7) is 5.19. The molecule has 0 bridgehead atoms. The lowest BCUT2D eigenvalue weighted by Gasteiger charge is -2.30. The summed E-state index contributed by atoms with van der Waals surface area (Å²) in [5.41, 5.74) is 0. The van der Waals surface area contributed by atoms with Gasteiger partial charge in [-0.15, -0.1) is 0 Å². The number of phosphoric ester groups is 1. The van der Waals surface area contributed by atoms with Crippen LogP contribution in [0.1, 0.15) is 194 Å². The zero-order chi connectivity index (χ0) is 43.1. The summed E-state index contributed by atoms with van der Waals surface area (Å²) < 4.78 is 22.3. The molecule has 2 atom stereocenters. The minimum atomic E-state index is -4.45. The molecule has 10 nitrogen and oxygen atoms in total. The van der Waals surface area contributed by atoms with Crippen LogP contribution in [0, 0.1) is 0 Å². The van der Waals surface area contributed by atoms with E-state index in [4.69, 9.17) is 18.5 Å². The molecule has 1 rings (SSSR count). The molecule has 0 spiro atoms. The molecule has 0 saturated heterocycles. The van der Waals surface area contributed by atoms with Crippen LogP contribution < -0.4 is 4.89 Å². The van der Waals surface area contributed by atoms with Gasteiger partial charge in [-0.25, -0.2) is 4.98 Å². The Morgan fingerprint density at radius 2 is 1.15 bits per heavy atom. The molecular weight excluding hydrogens is 804 g/mol. The van der Waals surface area contributed by atoms with E-state index in [1.165, 1.54) is 128 Å². The van der Waals surface area contributed by atoms with Crippen molar-refractivity contribution < 1.29 is 42.4 Å². The third kappa shape index (κ3) is 37.3. The molecule has 0 radical (unpaired) electrons. The number of hydrogen-bond donors (Lipinski definition) is 1. The summed E-state index contributed by atoms with van der Waals surface area (Å²) >= 11 is 0. The number of pyridine rings is 1. The first kappa shape index (κ1) is 56.0. The number of ether oxygens (including phenoxy) is 2. The number of quaternary nitrogens is 1. The van der Waals surface area contributed by atoms with Gasteiger partial charge in [0.15, 0.2) is 6.10 Å². The zero-order valence-corrected chi connectivity index (χ0v) is 40.4. The van der Waals surface area contributed by atoms with Crippen LogP contribution in [0.3, 0.4) is 0 Å². The maximum atomic E-state index is 12.8. The molecule has 0 aliphatic carbocycles. The molecular formula is C46H86N2O8PS2+. The number of esters is 2. The van der Waals surface area contributed by atoms with Crippen molar-refractivity contribution in [1.29, 1.82) is 0 Å². The SMILES string of the molecule is CCCCCCCCCCCCCCCC(=O)OCC(CO[P+]([O-])(O)OCC[N+](C)(C)CCSSc1ccccn1)OC(=O)CCCCCCCCCCCCCCC. The highest BCUT2D eigenvalue weighted by Gasteiger charge is 2.32.